The van der Waals surface area contributed by atoms with Gasteiger partial charge in [0, 0.05) is 5.02 Å². The van der Waals surface area contributed by atoms with Crippen LogP contribution in [0.25, 0.3) is 0 Å². The Morgan fingerprint density at radius 2 is 1.13 bits per heavy atom. The highest BCUT2D eigenvalue weighted by molar-refractivity contribution is 7.91. The Morgan fingerprint density at radius 3 is 1.70 bits per heavy atom. The Balaban J connectivity index is 1.83. The predicted octanol–water partition coefficient (Wildman–Crippen LogP) is 4.97. The van der Waals surface area contributed by atoms with Gasteiger partial charge in [0.2, 0.25) is 9.84 Å². The summed E-state index contributed by atoms with van der Waals surface area (Å²) in [6.07, 6.45) is 0. The van der Waals surface area contributed by atoms with E-state index in [0.717, 1.165) is 0 Å². The van der Waals surface area contributed by atoms with E-state index in [1.807, 2.05) is 0 Å². The van der Waals surface area contributed by atoms with Gasteiger partial charge in [-0.15, -0.1) is 0 Å². The molecule has 0 heterocycles. The van der Waals surface area contributed by atoms with Crippen LogP contribution >= 0.6 is 11.6 Å². The number of hydrogen-bond acceptors (Lipinski definition) is 3. The third kappa shape index (κ3) is 3.55. The molecule has 116 valence electrons. The van der Waals surface area contributed by atoms with Gasteiger partial charge < -0.3 is 4.74 Å². The van der Waals surface area contributed by atoms with E-state index in [-0.39, 0.29) is 9.79 Å². The largest absolute Gasteiger partial charge is 0.457 e. The third-order valence-electron chi connectivity index (χ3n) is 3.24. The number of sulfone groups is 1. The smallest absolute Gasteiger partial charge is 0.206 e. The first-order valence-corrected chi connectivity index (χ1v) is 8.75. The Kier molecular flexibility index (Phi) is 4.37. The zero-order valence-corrected chi connectivity index (χ0v) is 13.6. The monoisotopic (exact) mass is 344 g/mol. The molecule has 0 N–H and O–H groups in total. The van der Waals surface area contributed by atoms with E-state index in [0.29, 0.717) is 16.5 Å². The molecule has 0 radical (unpaired) electrons. The molecule has 0 fully saturated rings. The minimum Gasteiger partial charge on any atom is -0.457 e. The van der Waals surface area contributed by atoms with E-state index >= 15 is 0 Å². The molecule has 0 atom stereocenters. The minimum atomic E-state index is -3.51. The van der Waals surface area contributed by atoms with Gasteiger partial charge in [-0.1, -0.05) is 29.8 Å². The molecule has 0 bridgehead atoms. The fourth-order valence-electron chi connectivity index (χ4n) is 2.06. The van der Waals surface area contributed by atoms with Gasteiger partial charge in [0.1, 0.15) is 11.5 Å². The molecule has 3 aromatic carbocycles. The number of rotatable bonds is 4. The van der Waals surface area contributed by atoms with Crippen LogP contribution in [0.15, 0.2) is 88.7 Å². The lowest BCUT2D eigenvalue weighted by Gasteiger charge is -2.08. The van der Waals surface area contributed by atoms with E-state index < -0.39 is 9.84 Å². The molecule has 3 nitrogen and oxygen atoms in total. The molecule has 3 rings (SSSR count). The molecule has 23 heavy (non-hydrogen) atoms. The molecule has 0 aliphatic rings. The first kappa shape index (κ1) is 15.6. The summed E-state index contributed by atoms with van der Waals surface area (Å²) in [6.45, 7) is 0. The second kappa shape index (κ2) is 6.44. The van der Waals surface area contributed by atoms with E-state index in [2.05, 4.69) is 0 Å². The molecular weight excluding hydrogens is 332 g/mol. The normalized spacial score (nSPS) is 11.2. The van der Waals surface area contributed by atoms with Crippen molar-refractivity contribution in [1.82, 2.24) is 0 Å². The van der Waals surface area contributed by atoms with Crippen molar-refractivity contribution in [1.29, 1.82) is 0 Å². The standard InChI is InChI=1S/C18H13ClO3S/c19-14-6-8-15(9-7-14)22-16-10-12-18(13-11-16)23(20,21)17-4-2-1-3-5-17/h1-13H. The van der Waals surface area contributed by atoms with E-state index in [9.17, 15) is 8.42 Å². The molecule has 0 saturated carbocycles. The van der Waals surface area contributed by atoms with Crippen LogP contribution in [0.1, 0.15) is 0 Å². The molecule has 0 unspecified atom stereocenters. The molecule has 5 heteroatoms. The summed E-state index contributed by atoms with van der Waals surface area (Å²) >= 11 is 5.82. The van der Waals surface area contributed by atoms with Gasteiger partial charge in [0.15, 0.2) is 0 Å². The van der Waals surface area contributed by atoms with Crippen molar-refractivity contribution in [2.75, 3.05) is 0 Å². The zero-order valence-electron chi connectivity index (χ0n) is 12.0. The van der Waals surface area contributed by atoms with Crippen molar-refractivity contribution in [2.24, 2.45) is 0 Å². The summed E-state index contributed by atoms with van der Waals surface area (Å²) in [7, 11) is -3.51. The zero-order chi connectivity index (χ0) is 16.3. The van der Waals surface area contributed by atoms with Crippen molar-refractivity contribution in [3.05, 3.63) is 83.9 Å². The number of ether oxygens (including phenoxy) is 1. The summed E-state index contributed by atoms with van der Waals surface area (Å²) in [5, 5.41) is 0.627. The number of hydrogen-bond donors (Lipinski definition) is 0. The lowest BCUT2D eigenvalue weighted by atomic mass is 10.3. The van der Waals surface area contributed by atoms with Crippen LogP contribution in [0.4, 0.5) is 0 Å². The second-order valence-corrected chi connectivity index (χ2v) is 7.23. The van der Waals surface area contributed by atoms with Gasteiger partial charge in [-0.25, -0.2) is 8.42 Å². The van der Waals surface area contributed by atoms with Crippen molar-refractivity contribution in [3.63, 3.8) is 0 Å². The maximum Gasteiger partial charge on any atom is 0.206 e. The lowest BCUT2D eigenvalue weighted by molar-refractivity contribution is 0.482. The Bertz CT molecular complexity index is 887. The number of halogens is 1. The van der Waals surface area contributed by atoms with Gasteiger partial charge in [-0.2, -0.15) is 0 Å². The molecule has 0 spiro atoms. The second-order valence-electron chi connectivity index (χ2n) is 4.84. The first-order valence-electron chi connectivity index (χ1n) is 6.89. The van der Waals surface area contributed by atoms with Gasteiger partial charge in [-0.05, 0) is 60.7 Å². The summed E-state index contributed by atoms with van der Waals surface area (Å²) < 4.78 is 30.6. The molecule has 0 amide bonds. The van der Waals surface area contributed by atoms with Crippen LogP contribution in [0.3, 0.4) is 0 Å². The van der Waals surface area contributed by atoms with Crippen LogP contribution in [0, 0.1) is 0 Å². The Hall–Kier alpha value is -2.30. The van der Waals surface area contributed by atoms with E-state index in [4.69, 9.17) is 16.3 Å². The summed E-state index contributed by atoms with van der Waals surface area (Å²) in [4.78, 5) is 0.499. The quantitative estimate of drug-likeness (QED) is 0.671. The van der Waals surface area contributed by atoms with Crippen LogP contribution in [-0.4, -0.2) is 8.42 Å². The highest BCUT2D eigenvalue weighted by atomic mass is 35.5. The summed E-state index contributed by atoms with van der Waals surface area (Å²) in [5.41, 5.74) is 0. The first-order chi connectivity index (χ1) is 11.1. The highest BCUT2D eigenvalue weighted by Gasteiger charge is 2.16. The Labute approximate surface area is 140 Å². The fourth-order valence-corrected chi connectivity index (χ4v) is 3.47. The van der Waals surface area contributed by atoms with Crippen LogP contribution in [-0.2, 0) is 9.84 Å². The van der Waals surface area contributed by atoms with Gasteiger partial charge >= 0.3 is 0 Å². The predicted molar refractivity (Wildman–Crippen MR) is 89.9 cm³/mol. The van der Waals surface area contributed by atoms with Crippen molar-refractivity contribution in [3.8, 4) is 11.5 Å². The molecule has 0 saturated heterocycles. The average Bonchev–Trinajstić information content (AvgIpc) is 2.58. The fraction of sp³-hybridized carbons (Fsp3) is 0. The van der Waals surface area contributed by atoms with E-state index in [1.54, 1.807) is 66.7 Å². The molecule has 0 aromatic heterocycles. The van der Waals surface area contributed by atoms with Gasteiger partial charge in [0.25, 0.3) is 0 Å². The maximum atomic E-state index is 12.5. The minimum absolute atomic E-state index is 0.229. The van der Waals surface area contributed by atoms with Crippen molar-refractivity contribution < 1.29 is 13.2 Å². The SMILES string of the molecule is O=S(=O)(c1ccccc1)c1ccc(Oc2ccc(Cl)cc2)cc1. The van der Waals surface area contributed by atoms with Crippen LogP contribution in [0.2, 0.25) is 5.02 Å². The summed E-state index contributed by atoms with van der Waals surface area (Å²) in [6, 6.07) is 21.6. The van der Waals surface area contributed by atoms with Gasteiger partial charge in [-0.3, -0.25) is 0 Å². The topological polar surface area (TPSA) is 43.4 Å². The lowest BCUT2D eigenvalue weighted by Crippen LogP contribution is -2.01. The third-order valence-corrected chi connectivity index (χ3v) is 5.27. The number of benzene rings is 3. The molecule has 3 aromatic rings. The molecule has 0 aliphatic carbocycles. The maximum absolute atomic E-state index is 12.5. The van der Waals surface area contributed by atoms with Crippen LogP contribution in [0.5, 0.6) is 11.5 Å². The Morgan fingerprint density at radius 1 is 0.652 bits per heavy atom. The molecule has 0 aliphatic heterocycles. The molecular formula is C18H13ClO3S. The highest BCUT2D eigenvalue weighted by Crippen LogP contribution is 2.26. The van der Waals surface area contributed by atoms with Crippen LogP contribution < -0.4 is 4.74 Å². The van der Waals surface area contributed by atoms with E-state index in [1.165, 1.54) is 12.1 Å². The van der Waals surface area contributed by atoms with Crippen molar-refractivity contribution in [2.45, 2.75) is 9.79 Å². The average molecular weight is 345 g/mol. The summed E-state index contributed by atoms with van der Waals surface area (Å²) in [5.74, 6) is 1.19. The van der Waals surface area contributed by atoms with Gasteiger partial charge in [0.05, 0.1) is 9.79 Å². The van der Waals surface area contributed by atoms with Crippen molar-refractivity contribution >= 4 is 21.4 Å².